The van der Waals surface area contributed by atoms with Crippen LogP contribution in [-0.2, 0) is 6.54 Å². The average Bonchev–Trinajstić information content (AvgIpc) is 2.34. The van der Waals surface area contributed by atoms with Gasteiger partial charge < -0.3 is 10.5 Å². The summed E-state index contributed by atoms with van der Waals surface area (Å²) >= 11 is 3.33. The van der Waals surface area contributed by atoms with E-state index >= 15 is 0 Å². The molecule has 0 aliphatic carbocycles. The van der Waals surface area contributed by atoms with Gasteiger partial charge in [-0.05, 0) is 52.2 Å². The van der Waals surface area contributed by atoms with Gasteiger partial charge in [-0.1, -0.05) is 6.07 Å². The molecule has 5 heteroatoms. The molecule has 0 radical (unpaired) electrons. The zero-order valence-corrected chi connectivity index (χ0v) is 11.4. The molecule has 0 saturated carbocycles. The average molecular weight is 311 g/mol. The first-order chi connectivity index (χ1) is 8.60. The number of benzene rings is 1. The van der Waals surface area contributed by atoms with E-state index in [1.807, 2.05) is 13.0 Å². The minimum atomic E-state index is -0.452. The van der Waals surface area contributed by atoms with Gasteiger partial charge in [-0.3, -0.25) is 0 Å². The Hall–Kier alpha value is -1.46. The van der Waals surface area contributed by atoms with Crippen LogP contribution in [0, 0.1) is 12.7 Å². The number of ether oxygens (including phenoxy) is 1. The second-order valence-corrected chi connectivity index (χ2v) is 4.72. The van der Waals surface area contributed by atoms with E-state index in [1.165, 1.54) is 6.07 Å². The number of hydrogen-bond donors (Lipinski definition) is 1. The lowest BCUT2D eigenvalue weighted by Gasteiger charge is -2.08. The molecule has 18 heavy (non-hydrogen) atoms. The third-order valence-corrected chi connectivity index (χ3v) is 2.95. The van der Waals surface area contributed by atoms with Crippen molar-refractivity contribution in [2.24, 2.45) is 5.73 Å². The summed E-state index contributed by atoms with van der Waals surface area (Å²) in [6.07, 6.45) is 1.66. The van der Waals surface area contributed by atoms with Gasteiger partial charge in [-0.25, -0.2) is 9.37 Å². The lowest BCUT2D eigenvalue weighted by Crippen LogP contribution is -1.98. The smallest absolute Gasteiger partial charge is 0.233 e. The SMILES string of the molecule is Cc1cnc(Oc2ccc(CN)cc2F)c(Br)c1. The molecule has 0 unspecified atom stereocenters. The summed E-state index contributed by atoms with van der Waals surface area (Å²) in [6.45, 7) is 2.21. The van der Waals surface area contributed by atoms with E-state index < -0.39 is 5.82 Å². The van der Waals surface area contributed by atoms with Crippen LogP contribution in [0.15, 0.2) is 34.9 Å². The Bertz CT molecular complexity index is 575. The number of nitrogens with zero attached hydrogens (tertiary/aromatic N) is 1. The fourth-order valence-electron chi connectivity index (χ4n) is 1.45. The topological polar surface area (TPSA) is 48.1 Å². The number of rotatable bonds is 3. The summed E-state index contributed by atoms with van der Waals surface area (Å²) in [5, 5.41) is 0. The zero-order chi connectivity index (χ0) is 13.1. The fourth-order valence-corrected chi connectivity index (χ4v) is 2.00. The van der Waals surface area contributed by atoms with Gasteiger partial charge in [-0.15, -0.1) is 0 Å². The first kappa shape index (κ1) is 13.0. The largest absolute Gasteiger partial charge is 0.435 e. The maximum Gasteiger partial charge on any atom is 0.233 e. The molecule has 2 aromatic rings. The highest BCUT2D eigenvalue weighted by molar-refractivity contribution is 9.10. The number of pyridine rings is 1. The highest BCUT2D eigenvalue weighted by atomic mass is 79.9. The number of halogens is 2. The number of aromatic nitrogens is 1. The van der Waals surface area contributed by atoms with Gasteiger partial charge in [-0.2, -0.15) is 0 Å². The van der Waals surface area contributed by atoms with Crippen LogP contribution in [0.1, 0.15) is 11.1 Å². The predicted molar refractivity (Wildman–Crippen MR) is 71.0 cm³/mol. The van der Waals surface area contributed by atoms with Gasteiger partial charge in [0.1, 0.15) is 0 Å². The molecule has 0 atom stereocenters. The Morgan fingerprint density at radius 3 is 2.78 bits per heavy atom. The van der Waals surface area contributed by atoms with Crippen LogP contribution in [0.2, 0.25) is 0 Å². The first-order valence-electron chi connectivity index (χ1n) is 5.38. The molecule has 0 spiro atoms. The Labute approximate surface area is 113 Å². The molecule has 2 rings (SSSR count). The van der Waals surface area contributed by atoms with Crippen molar-refractivity contribution in [1.82, 2.24) is 4.98 Å². The van der Waals surface area contributed by atoms with Crippen molar-refractivity contribution < 1.29 is 9.13 Å². The van der Waals surface area contributed by atoms with Crippen molar-refractivity contribution in [1.29, 1.82) is 0 Å². The van der Waals surface area contributed by atoms with E-state index in [9.17, 15) is 4.39 Å². The van der Waals surface area contributed by atoms with Crippen LogP contribution < -0.4 is 10.5 Å². The molecule has 0 aliphatic heterocycles. The first-order valence-corrected chi connectivity index (χ1v) is 6.18. The van der Waals surface area contributed by atoms with Gasteiger partial charge in [0.25, 0.3) is 0 Å². The summed E-state index contributed by atoms with van der Waals surface area (Å²) in [4.78, 5) is 4.10. The molecule has 0 amide bonds. The minimum Gasteiger partial charge on any atom is -0.435 e. The van der Waals surface area contributed by atoms with Gasteiger partial charge in [0, 0.05) is 12.7 Å². The summed E-state index contributed by atoms with van der Waals surface area (Å²) in [5.74, 6) is 0.0106. The predicted octanol–water partition coefficient (Wildman–Crippen LogP) is 3.54. The molecule has 1 aromatic carbocycles. The van der Waals surface area contributed by atoms with Crippen LogP contribution in [0.5, 0.6) is 11.6 Å². The van der Waals surface area contributed by atoms with Crippen molar-refractivity contribution >= 4 is 15.9 Å². The summed E-state index contributed by atoms with van der Waals surface area (Å²) in [6, 6.07) is 6.48. The van der Waals surface area contributed by atoms with Crippen LogP contribution in [0.3, 0.4) is 0 Å². The Morgan fingerprint density at radius 1 is 1.39 bits per heavy atom. The molecular formula is C13H12BrFN2O. The fraction of sp³-hybridized carbons (Fsp3) is 0.154. The van der Waals surface area contributed by atoms with Gasteiger partial charge >= 0.3 is 0 Å². The van der Waals surface area contributed by atoms with Crippen molar-refractivity contribution in [3.63, 3.8) is 0 Å². The lowest BCUT2D eigenvalue weighted by atomic mass is 10.2. The molecule has 0 saturated heterocycles. The Kier molecular flexibility index (Phi) is 3.93. The molecular weight excluding hydrogens is 299 g/mol. The van der Waals surface area contributed by atoms with Crippen LogP contribution in [0.4, 0.5) is 4.39 Å². The van der Waals surface area contributed by atoms with Crippen molar-refractivity contribution in [3.05, 3.63) is 51.9 Å². The van der Waals surface area contributed by atoms with E-state index in [1.54, 1.807) is 18.3 Å². The minimum absolute atomic E-state index is 0.129. The zero-order valence-electron chi connectivity index (χ0n) is 9.78. The van der Waals surface area contributed by atoms with Gasteiger partial charge in [0.15, 0.2) is 11.6 Å². The molecule has 0 fully saturated rings. The van der Waals surface area contributed by atoms with Crippen molar-refractivity contribution in [2.75, 3.05) is 0 Å². The monoisotopic (exact) mass is 310 g/mol. The number of nitrogens with two attached hydrogens (primary N) is 1. The molecule has 2 N–H and O–H groups in total. The van der Waals surface area contributed by atoms with E-state index in [2.05, 4.69) is 20.9 Å². The Balaban J connectivity index is 2.28. The van der Waals surface area contributed by atoms with Crippen molar-refractivity contribution in [3.8, 4) is 11.6 Å². The molecule has 1 aromatic heterocycles. The Morgan fingerprint density at radius 2 is 2.17 bits per heavy atom. The molecule has 3 nitrogen and oxygen atoms in total. The molecule has 0 bridgehead atoms. The standard InChI is InChI=1S/C13H12BrFN2O/c1-8-4-10(14)13(17-7-8)18-12-3-2-9(6-16)5-11(12)15/h2-5,7H,6,16H2,1H3. The van der Waals surface area contributed by atoms with Crippen LogP contribution >= 0.6 is 15.9 Å². The van der Waals surface area contributed by atoms with E-state index in [-0.39, 0.29) is 5.75 Å². The second kappa shape index (κ2) is 5.46. The van der Waals surface area contributed by atoms with E-state index in [4.69, 9.17) is 10.5 Å². The third kappa shape index (κ3) is 2.86. The van der Waals surface area contributed by atoms with E-state index in [0.717, 1.165) is 11.1 Å². The second-order valence-electron chi connectivity index (χ2n) is 3.87. The number of aryl methyl sites for hydroxylation is 1. The molecule has 0 aliphatic rings. The number of hydrogen-bond acceptors (Lipinski definition) is 3. The van der Waals surface area contributed by atoms with E-state index in [0.29, 0.717) is 16.9 Å². The van der Waals surface area contributed by atoms with Crippen LogP contribution in [0.25, 0.3) is 0 Å². The third-order valence-electron chi connectivity index (χ3n) is 2.38. The van der Waals surface area contributed by atoms with Crippen molar-refractivity contribution in [2.45, 2.75) is 13.5 Å². The maximum atomic E-state index is 13.7. The van der Waals surface area contributed by atoms with Crippen LogP contribution in [-0.4, -0.2) is 4.98 Å². The highest BCUT2D eigenvalue weighted by Crippen LogP contribution is 2.29. The van der Waals surface area contributed by atoms with Gasteiger partial charge in [0.2, 0.25) is 5.88 Å². The highest BCUT2D eigenvalue weighted by Gasteiger charge is 2.09. The summed E-state index contributed by atoms with van der Waals surface area (Å²) in [5.41, 5.74) is 7.15. The maximum absolute atomic E-state index is 13.7. The lowest BCUT2D eigenvalue weighted by molar-refractivity contribution is 0.424. The molecule has 94 valence electrons. The normalized spacial score (nSPS) is 10.4. The van der Waals surface area contributed by atoms with Gasteiger partial charge in [0.05, 0.1) is 4.47 Å². The summed E-state index contributed by atoms with van der Waals surface area (Å²) < 4.78 is 19.8. The quantitative estimate of drug-likeness (QED) is 0.943. The molecule has 1 heterocycles. The summed E-state index contributed by atoms with van der Waals surface area (Å²) in [7, 11) is 0.